The van der Waals surface area contributed by atoms with E-state index in [1.165, 1.54) is 17.7 Å². The van der Waals surface area contributed by atoms with Crippen molar-refractivity contribution in [1.29, 1.82) is 0 Å². The van der Waals surface area contributed by atoms with E-state index in [4.69, 9.17) is 23.2 Å². The third-order valence-corrected chi connectivity index (χ3v) is 3.89. The van der Waals surface area contributed by atoms with Crippen LogP contribution < -0.4 is 5.32 Å². The molecule has 2 aromatic carbocycles. The van der Waals surface area contributed by atoms with Gasteiger partial charge in [0, 0.05) is 16.1 Å². The molecule has 0 saturated carbocycles. The third kappa shape index (κ3) is 4.20. The highest BCUT2D eigenvalue weighted by Crippen LogP contribution is 2.20. The van der Waals surface area contributed by atoms with Crippen LogP contribution >= 0.6 is 23.2 Å². The molecule has 0 aliphatic heterocycles. The molecule has 1 nitrogen and oxygen atoms in total. The molecule has 0 amide bonds. The Kier molecular flexibility index (Phi) is 5.41. The quantitative estimate of drug-likeness (QED) is 0.857. The van der Waals surface area contributed by atoms with E-state index in [1.807, 2.05) is 31.3 Å². The van der Waals surface area contributed by atoms with Gasteiger partial charge in [0.15, 0.2) is 0 Å². The van der Waals surface area contributed by atoms with Crippen molar-refractivity contribution in [1.82, 2.24) is 5.32 Å². The van der Waals surface area contributed by atoms with Gasteiger partial charge >= 0.3 is 0 Å². The lowest BCUT2D eigenvalue weighted by molar-refractivity contribution is 0.555. The van der Waals surface area contributed by atoms with Crippen LogP contribution in [0.25, 0.3) is 0 Å². The summed E-state index contributed by atoms with van der Waals surface area (Å²) in [7, 11) is 1.91. The van der Waals surface area contributed by atoms with Crippen LogP contribution in [0.4, 0.5) is 4.39 Å². The zero-order chi connectivity index (χ0) is 14.5. The predicted molar refractivity (Wildman–Crippen MR) is 83.1 cm³/mol. The molecular weight excluding hydrogens is 296 g/mol. The van der Waals surface area contributed by atoms with Gasteiger partial charge in [-0.2, -0.15) is 0 Å². The van der Waals surface area contributed by atoms with Crippen molar-refractivity contribution >= 4 is 23.2 Å². The van der Waals surface area contributed by atoms with Gasteiger partial charge in [0.25, 0.3) is 0 Å². The molecule has 1 N–H and O–H groups in total. The van der Waals surface area contributed by atoms with E-state index in [9.17, 15) is 4.39 Å². The van der Waals surface area contributed by atoms with Crippen LogP contribution in [-0.2, 0) is 12.8 Å². The van der Waals surface area contributed by atoms with Crippen LogP contribution in [0.2, 0.25) is 10.0 Å². The molecule has 106 valence electrons. The van der Waals surface area contributed by atoms with E-state index in [0.29, 0.717) is 5.02 Å². The van der Waals surface area contributed by atoms with Crippen molar-refractivity contribution in [2.24, 2.45) is 0 Å². The maximum Gasteiger partial charge on any atom is 0.124 e. The monoisotopic (exact) mass is 311 g/mol. The maximum atomic E-state index is 13.0. The number of benzene rings is 2. The number of nitrogens with one attached hydrogen (secondary N) is 1. The lowest BCUT2D eigenvalue weighted by Crippen LogP contribution is -2.30. The molecule has 2 rings (SSSR count). The van der Waals surface area contributed by atoms with Gasteiger partial charge in [-0.05, 0) is 55.3 Å². The molecule has 2 aromatic rings. The average Bonchev–Trinajstić information content (AvgIpc) is 2.43. The van der Waals surface area contributed by atoms with E-state index >= 15 is 0 Å². The Morgan fingerprint density at radius 3 is 2.35 bits per heavy atom. The number of rotatable bonds is 5. The maximum absolute atomic E-state index is 13.0. The largest absolute Gasteiger partial charge is 0.316 e. The van der Waals surface area contributed by atoms with Crippen LogP contribution in [0.3, 0.4) is 0 Å². The molecule has 1 atom stereocenters. The first-order valence-electron chi connectivity index (χ1n) is 6.44. The van der Waals surface area contributed by atoms with E-state index in [1.54, 1.807) is 6.07 Å². The van der Waals surface area contributed by atoms with Crippen molar-refractivity contribution in [3.63, 3.8) is 0 Å². The molecule has 0 spiro atoms. The third-order valence-electron chi connectivity index (χ3n) is 3.29. The van der Waals surface area contributed by atoms with Gasteiger partial charge in [-0.25, -0.2) is 4.39 Å². The first-order chi connectivity index (χ1) is 9.58. The van der Waals surface area contributed by atoms with Crippen LogP contribution in [0.5, 0.6) is 0 Å². The van der Waals surface area contributed by atoms with E-state index in [-0.39, 0.29) is 11.9 Å². The van der Waals surface area contributed by atoms with Crippen LogP contribution in [0.15, 0.2) is 42.5 Å². The summed E-state index contributed by atoms with van der Waals surface area (Å²) in [6.07, 6.45) is 1.61. The molecule has 0 fully saturated rings. The van der Waals surface area contributed by atoms with Crippen LogP contribution in [0, 0.1) is 5.82 Å². The fourth-order valence-corrected chi connectivity index (χ4v) is 2.50. The molecule has 0 aliphatic carbocycles. The van der Waals surface area contributed by atoms with Crippen LogP contribution in [-0.4, -0.2) is 13.1 Å². The summed E-state index contributed by atoms with van der Waals surface area (Å²) in [6, 6.07) is 12.6. The minimum Gasteiger partial charge on any atom is -0.316 e. The van der Waals surface area contributed by atoms with Gasteiger partial charge in [-0.1, -0.05) is 41.4 Å². The zero-order valence-electron chi connectivity index (χ0n) is 11.2. The topological polar surface area (TPSA) is 12.0 Å². The number of halogens is 3. The minimum atomic E-state index is -0.308. The Bertz CT molecular complexity index is 569. The molecule has 0 radical (unpaired) electrons. The molecule has 1 unspecified atom stereocenters. The Balaban J connectivity index is 2.07. The summed E-state index contributed by atoms with van der Waals surface area (Å²) in [4.78, 5) is 0. The molecule has 0 aliphatic rings. The lowest BCUT2D eigenvalue weighted by atomic mass is 9.99. The fraction of sp³-hybridized carbons (Fsp3) is 0.250. The van der Waals surface area contributed by atoms with Crippen molar-refractivity contribution in [3.05, 3.63) is 69.5 Å². The Morgan fingerprint density at radius 2 is 1.75 bits per heavy atom. The highest BCUT2D eigenvalue weighted by molar-refractivity contribution is 6.31. The molecular formula is C16H16Cl2FN. The number of hydrogen-bond donors (Lipinski definition) is 1. The Hall–Kier alpha value is -1.09. The summed E-state index contributed by atoms with van der Waals surface area (Å²) in [5.74, 6) is -0.308. The zero-order valence-corrected chi connectivity index (χ0v) is 12.7. The first kappa shape index (κ1) is 15.3. The summed E-state index contributed by atoms with van der Waals surface area (Å²) < 4.78 is 13.0. The average molecular weight is 312 g/mol. The molecule has 0 bridgehead atoms. The second kappa shape index (κ2) is 7.07. The van der Waals surface area contributed by atoms with Crippen molar-refractivity contribution in [2.45, 2.75) is 18.9 Å². The fourth-order valence-electron chi connectivity index (χ4n) is 2.13. The standard InChI is InChI=1S/C16H16Cl2FN/c1-20-15(8-11-2-5-13(17)6-3-11)9-12-4-7-14(19)10-16(12)18/h2-7,10,15,20H,8-9H2,1H3. The molecule has 4 heteroatoms. The molecule has 0 aromatic heterocycles. The van der Waals surface area contributed by atoms with Crippen LogP contribution in [0.1, 0.15) is 11.1 Å². The molecule has 0 saturated heterocycles. The lowest BCUT2D eigenvalue weighted by Gasteiger charge is -2.17. The summed E-state index contributed by atoms with van der Waals surface area (Å²) >= 11 is 11.9. The normalized spacial score (nSPS) is 12.4. The van der Waals surface area contributed by atoms with Gasteiger partial charge in [0.2, 0.25) is 0 Å². The smallest absolute Gasteiger partial charge is 0.124 e. The predicted octanol–water partition coefficient (Wildman–Crippen LogP) is 4.51. The highest BCUT2D eigenvalue weighted by atomic mass is 35.5. The Labute approximate surface area is 128 Å². The molecule has 0 heterocycles. The summed E-state index contributed by atoms with van der Waals surface area (Å²) in [5.41, 5.74) is 2.15. The Morgan fingerprint density at radius 1 is 1.05 bits per heavy atom. The van der Waals surface area contributed by atoms with Crippen molar-refractivity contribution in [2.75, 3.05) is 7.05 Å². The van der Waals surface area contributed by atoms with Gasteiger partial charge in [-0.3, -0.25) is 0 Å². The second-order valence-corrected chi connectivity index (χ2v) is 5.60. The van der Waals surface area contributed by atoms with Gasteiger partial charge < -0.3 is 5.32 Å². The first-order valence-corrected chi connectivity index (χ1v) is 7.19. The number of hydrogen-bond acceptors (Lipinski definition) is 1. The highest BCUT2D eigenvalue weighted by Gasteiger charge is 2.11. The van der Waals surface area contributed by atoms with Crippen molar-refractivity contribution < 1.29 is 4.39 Å². The minimum absolute atomic E-state index is 0.235. The molecule has 20 heavy (non-hydrogen) atoms. The van der Waals surface area contributed by atoms with E-state index in [2.05, 4.69) is 5.32 Å². The van der Waals surface area contributed by atoms with E-state index in [0.717, 1.165) is 23.4 Å². The van der Waals surface area contributed by atoms with Gasteiger partial charge in [-0.15, -0.1) is 0 Å². The SMILES string of the molecule is CNC(Cc1ccc(Cl)cc1)Cc1ccc(F)cc1Cl. The van der Waals surface area contributed by atoms with Crippen molar-refractivity contribution in [3.8, 4) is 0 Å². The van der Waals surface area contributed by atoms with Gasteiger partial charge in [0.05, 0.1) is 0 Å². The van der Waals surface area contributed by atoms with E-state index < -0.39 is 0 Å². The summed E-state index contributed by atoms with van der Waals surface area (Å²) in [5, 5.41) is 4.48. The number of likely N-dealkylation sites (N-methyl/N-ethyl adjacent to an activating group) is 1. The second-order valence-electron chi connectivity index (χ2n) is 4.76. The summed E-state index contributed by atoms with van der Waals surface area (Å²) in [6.45, 7) is 0. The van der Waals surface area contributed by atoms with Gasteiger partial charge in [0.1, 0.15) is 5.82 Å².